The SMILES string of the molecule is Fc1cc2[nH]cnc2c(F)c1-c1ccccc1OC(F)(F)F. The molecule has 3 aromatic rings. The van der Waals surface area contributed by atoms with Crippen molar-refractivity contribution in [3.05, 3.63) is 48.3 Å². The number of nitrogens with one attached hydrogen (secondary N) is 1. The van der Waals surface area contributed by atoms with Gasteiger partial charge >= 0.3 is 6.36 Å². The van der Waals surface area contributed by atoms with Gasteiger partial charge in [-0.15, -0.1) is 13.2 Å². The van der Waals surface area contributed by atoms with Gasteiger partial charge in [-0.05, 0) is 6.07 Å². The van der Waals surface area contributed by atoms with Gasteiger partial charge in [0.15, 0.2) is 5.82 Å². The van der Waals surface area contributed by atoms with Crippen molar-refractivity contribution < 1.29 is 26.7 Å². The van der Waals surface area contributed by atoms with Crippen LogP contribution < -0.4 is 4.74 Å². The number of imidazole rings is 1. The molecule has 3 nitrogen and oxygen atoms in total. The number of halogens is 5. The highest BCUT2D eigenvalue weighted by molar-refractivity contribution is 5.84. The van der Waals surface area contributed by atoms with E-state index < -0.39 is 29.3 Å². The van der Waals surface area contributed by atoms with Gasteiger partial charge in [-0.3, -0.25) is 0 Å². The number of fused-ring (bicyclic) bond motifs is 1. The summed E-state index contributed by atoms with van der Waals surface area (Å²) in [5, 5.41) is 0. The Morgan fingerprint density at radius 3 is 2.55 bits per heavy atom. The normalized spacial score (nSPS) is 11.9. The summed E-state index contributed by atoms with van der Waals surface area (Å²) in [5.74, 6) is -2.77. The molecule has 0 aliphatic rings. The second-order valence-electron chi connectivity index (χ2n) is 4.39. The zero-order valence-corrected chi connectivity index (χ0v) is 10.7. The number of rotatable bonds is 2. The van der Waals surface area contributed by atoms with Gasteiger partial charge in [0.05, 0.1) is 17.4 Å². The van der Waals surface area contributed by atoms with Gasteiger partial charge in [-0.2, -0.15) is 0 Å². The molecular weight excluding hydrogens is 307 g/mol. The van der Waals surface area contributed by atoms with Crippen LogP contribution >= 0.6 is 0 Å². The lowest BCUT2D eigenvalue weighted by atomic mass is 10.0. The summed E-state index contributed by atoms with van der Waals surface area (Å²) in [7, 11) is 0. The fourth-order valence-corrected chi connectivity index (χ4v) is 2.15. The number of hydrogen-bond donors (Lipinski definition) is 1. The maximum Gasteiger partial charge on any atom is 0.573 e. The van der Waals surface area contributed by atoms with E-state index in [2.05, 4.69) is 14.7 Å². The summed E-state index contributed by atoms with van der Waals surface area (Å²) in [5.41, 5.74) is -1.04. The summed E-state index contributed by atoms with van der Waals surface area (Å²) in [4.78, 5) is 6.22. The van der Waals surface area contributed by atoms with Crippen LogP contribution in [0.5, 0.6) is 5.75 Å². The Labute approximate surface area is 120 Å². The first-order chi connectivity index (χ1) is 10.4. The number of aromatic nitrogens is 2. The Hall–Kier alpha value is -2.64. The molecule has 0 saturated carbocycles. The minimum Gasteiger partial charge on any atom is -0.405 e. The minimum atomic E-state index is -4.97. The number of para-hydroxylation sites is 1. The van der Waals surface area contributed by atoms with Gasteiger partial charge in [-0.25, -0.2) is 13.8 Å². The summed E-state index contributed by atoms with van der Waals surface area (Å²) in [6.45, 7) is 0. The fourth-order valence-electron chi connectivity index (χ4n) is 2.15. The molecule has 0 unspecified atom stereocenters. The number of hydrogen-bond acceptors (Lipinski definition) is 2. The molecule has 114 valence electrons. The van der Waals surface area contributed by atoms with Crippen molar-refractivity contribution in [1.29, 1.82) is 0 Å². The predicted molar refractivity (Wildman–Crippen MR) is 68.1 cm³/mol. The van der Waals surface area contributed by atoms with E-state index in [1.54, 1.807) is 0 Å². The number of ether oxygens (including phenoxy) is 1. The van der Waals surface area contributed by atoms with Crippen LogP contribution in [0.3, 0.4) is 0 Å². The fraction of sp³-hybridized carbons (Fsp3) is 0.0714. The molecule has 0 saturated heterocycles. The van der Waals surface area contributed by atoms with Gasteiger partial charge in [0.1, 0.15) is 17.1 Å². The molecule has 0 bridgehead atoms. The molecule has 22 heavy (non-hydrogen) atoms. The number of nitrogens with zero attached hydrogens (tertiary/aromatic N) is 1. The van der Waals surface area contributed by atoms with Crippen LogP contribution in [0.15, 0.2) is 36.7 Å². The molecule has 1 aromatic heterocycles. The van der Waals surface area contributed by atoms with E-state index in [9.17, 15) is 22.0 Å². The molecule has 2 aromatic carbocycles. The summed E-state index contributed by atoms with van der Waals surface area (Å²) in [6, 6.07) is 5.71. The third kappa shape index (κ3) is 2.47. The van der Waals surface area contributed by atoms with E-state index in [4.69, 9.17) is 0 Å². The van der Waals surface area contributed by atoms with Crippen molar-refractivity contribution in [2.24, 2.45) is 0 Å². The molecule has 1 heterocycles. The van der Waals surface area contributed by atoms with E-state index in [-0.39, 0.29) is 16.6 Å². The van der Waals surface area contributed by atoms with Crippen LogP contribution in [-0.4, -0.2) is 16.3 Å². The average Bonchev–Trinajstić information content (AvgIpc) is 2.87. The lowest BCUT2D eigenvalue weighted by molar-refractivity contribution is -0.274. The Bertz CT molecular complexity index is 841. The van der Waals surface area contributed by atoms with Crippen molar-refractivity contribution in [1.82, 2.24) is 9.97 Å². The maximum atomic E-state index is 14.4. The van der Waals surface area contributed by atoms with E-state index >= 15 is 0 Å². The van der Waals surface area contributed by atoms with E-state index in [0.717, 1.165) is 24.5 Å². The molecule has 8 heteroatoms. The first kappa shape index (κ1) is 14.3. The Morgan fingerprint density at radius 1 is 1.09 bits per heavy atom. The number of benzene rings is 2. The molecular formula is C14H7F5N2O. The van der Waals surface area contributed by atoms with Crippen LogP contribution in [-0.2, 0) is 0 Å². The van der Waals surface area contributed by atoms with Gasteiger partial charge in [0.25, 0.3) is 0 Å². The topological polar surface area (TPSA) is 37.9 Å². The smallest absolute Gasteiger partial charge is 0.405 e. The summed E-state index contributed by atoms with van der Waals surface area (Å²) in [6.07, 6.45) is -3.81. The minimum absolute atomic E-state index is 0.105. The second kappa shape index (κ2) is 4.97. The number of alkyl halides is 3. The third-order valence-corrected chi connectivity index (χ3v) is 2.99. The van der Waals surface area contributed by atoms with Crippen LogP contribution in [0.4, 0.5) is 22.0 Å². The van der Waals surface area contributed by atoms with Crippen LogP contribution in [0, 0.1) is 11.6 Å². The molecule has 0 fully saturated rings. The van der Waals surface area contributed by atoms with Crippen LogP contribution in [0.25, 0.3) is 22.2 Å². The van der Waals surface area contributed by atoms with Gasteiger partial charge in [-0.1, -0.05) is 18.2 Å². The molecule has 0 aliphatic carbocycles. The standard InChI is InChI=1S/C14H7F5N2O/c15-8-5-9-13(21-6-20-9)12(16)11(8)7-3-1-2-4-10(7)22-14(17,18)19/h1-6H,(H,20,21). The van der Waals surface area contributed by atoms with E-state index in [0.29, 0.717) is 0 Å². The third-order valence-electron chi connectivity index (χ3n) is 2.99. The van der Waals surface area contributed by atoms with Crippen molar-refractivity contribution in [3.63, 3.8) is 0 Å². The lowest BCUT2D eigenvalue weighted by Crippen LogP contribution is -2.17. The maximum absolute atomic E-state index is 14.4. The van der Waals surface area contributed by atoms with E-state index in [1.165, 1.54) is 12.1 Å². The Balaban J connectivity index is 2.24. The molecule has 3 rings (SSSR count). The van der Waals surface area contributed by atoms with Crippen LogP contribution in [0.2, 0.25) is 0 Å². The highest BCUT2D eigenvalue weighted by Crippen LogP contribution is 2.38. The molecule has 0 radical (unpaired) electrons. The predicted octanol–water partition coefficient (Wildman–Crippen LogP) is 4.41. The summed E-state index contributed by atoms with van der Waals surface area (Å²) >= 11 is 0. The summed E-state index contributed by atoms with van der Waals surface area (Å²) < 4.78 is 69.6. The van der Waals surface area contributed by atoms with Crippen molar-refractivity contribution in [3.8, 4) is 16.9 Å². The zero-order chi connectivity index (χ0) is 15.9. The largest absolute Gasteiger partial charge is 0.573 e. The second-order valence-corrected chi connectivity index (χ2v) is 4.39. The molecule has 1 N–H and O–H groups in total. The van der Waals surface area contributed by atoms with Gasteiger partial charge in [0, 0.05) is 11.6 Å². The average molecular weight is 314 g/mol. The first-order valence-corrected chi connectivity index (χ1v) is 6.03. The molecule has 0 amide bonds. The van der Waals surface area contributed by atoms with Gasteiger partial charge in [0.2, 0.25) is 0 Å². The highest BCUT2D eigenvalue weighted by Gasteiger charge is 2.33. The Morgan fingerprint density at radius 2 is 1.82 bits per heavy atom. The lowest BCUT2D eigenvalue weighted by Gasteiger charge is -2.14. The van der Waals surface area contributed by atoms with E-state index in [1.807, 2.05) is 0 Å². The number of aromatic amines is 1. The quantitative estimate of drug-likeness (QED) is 0.712. The van der Waals surface area contributed by atoms with Crippen LogP contribution in [0.1, 0.15) is 0 Å². The van der Waals surface area contributed by atoms with Crippen molar-refractivity contribution in [2.45, 2.75) is 6.36 Å². The molecule has 0 spiro atoms. The highest BCUT2D eigenvalue weighted by atomic mass is 19.4. The van der Waals surface area contributed by atoms with Crippen molar-refractivity contribution in [2.75, 3.05) is 0 Å². The molecule has 0 aliphatic heterocycles. The first-order valence-electron chi connectivity index (χ1n) is 6.03. The Kier molecular flexibility index (Phi) is 3.23. The zero-order valence-electron chi connectivity index (χ0n) is 10.7. The molecule has 0 atom stereocenters. The number of H-pyrrole nitrogens is 1. The monoisotopic (exact) mass is 314 g/mol. The van der Waals surface area contributed by atoms with Gasteiger partial charge < -0.3 is 9.72 Å². The van der Waals surface area contributed by atoms with Crippen molar-refractivity contribution >= 4 is 11.0 Å².